The van der Waals surface area contributed by atoms with Crippen LogP contribution in [-0.2, 0) is 0 Å². The Bertz CT molecular complexity index is 359. The number of anilines is 2. The van der Waals surface area contributed by atoms with Crippen LogP contribution in [0.5, 0.6) is 5.75 Å². The van der Waals surface area contributed by atoms with Crippen molar-refractivity contribution >= 4 is 34.1 Å². The third-order valence-electron chi connectivity index (χ3n) is 2.57. The minimum absolute atomic E-state index is 0.501. The second-order valence-electron chi connectivity index (χ2n) is 4.07. The van der Waals surface area contributed by atoms with E-state index in [4.69, 9.17) is 10.5 Å². The lowest BCUT2D eigenvalue weighted by Crippen LogP contribution is -2.40. The smallest absolute Gasteiger partial charge is 0.197 e. The first-order valence-corrected chi connectivity index (χ1v) is 7.03. The van der Waals surface area contributed by atoms with Gasteiger partial charge in [-0.2, -0.15) is 16.1 Å². The summed E-state index contributed by atoms with van der Waals surface area (Å²) in [6, 6.07) is 0. The molecule has 4 nitrogen and oxygen atoms in total. The van der Waals surface area contributed by atoms with Gasteiger partial charge >= 0.3 is 0 Å². The van der Waals surface area contributed by atoms with E-state index in [1.807, 2.05) is 11.8 Å². The lowest BCUT2D eigenvalue weighted by atomic mass is 10.3. The Kier molecular flexibility index (Phi) is 3.49. The molecular formula is C10H17N3OS2. The number of nitrogens with two attached hydrogens (primary N) is 1. The van der Waals surface area contributed by atoms with Crippen LogP contribution < -0.4 is 15.4 Å². The first-order valence-electron chi connectivity index (χ1n) is 5.31. The molecule has 6 heteroatoms. The summed E-state index contributed by atoms with van der Waals surface area (Å²) in [6.45, 7) is 6.58. The van der Waals surface area contributed by atoms with Crippen molar-refractivity contribution in [3.63, 3.8) is 0 Å². The monoisotopic (exact) mass is 259 g/mol. The molecule has 1 aromatic heterocycles. The number of hydrogen-bond donors (Lipinski definition) is 1. The predicted octanol–water partition coefficient (Wildman–Crippen LogP) is 2.06. The van der Waals surface area contributed by atoms with E-state index in [1.165, 1.54) is 11.5 Å². The summed E-state index contributed by atoms with van der Waals surface area (Å²) in [7, 11) is 1.65. The third-order valence-corrected chi connectivity index (χ3v) is 4.70. The highest BCUT2D eigenvalue weighted by Gasteiger charge is 2.26. The summed E-state index contributed by atoms with van der Waals surface area (Å²) in [5.41, 5.74) is 5.77. The Morgan fingerprint density at radius 2 is 2.00 bits per heavy atom. The fourth-order valence-corrected chi connectivity index (χ4v) is 4.15. The van der Waals surface area contributed by atoms with E-state index >= 15 is 0 Å². The van der Waals surface area contributed by atoms with E-state index in [0.29, 0.717) is 16.3 Å². The minimum atomic E-state index is 0.501. The van der Waals surface area contributed by atoms with Gasteiger partial charge in [0.15, 0.2) is 16.6 Å². The molecule has 1 aliphatic heterocycles. The van der Waals surface area contributed by atoms with Gasteiger partial charge in [-0.15, -0.1) is 0 Å². The molecule has 2 N–H and O–H groups in total. The van der Waals surface area contributed by atoms with Crippen LogP contribution in [0, 0.1) is 0 Å². The van der Waals surface area contributed by atoms with Crippen molar-refractivity contribution in [2.75, 3.05) is 30.8 Å². The van der Waals surface area contributed by atoms with Crippen LogP contribution in [0.15, 0.2) is 0 Å². The van der Waals surface area contributed by atoms with E-state index in [-0.39, 0.29) is 0 Å². The molecule has 1 aliphatic rings. The molecule has 0 amide bonds. The van der Waals surface area contributed by atoms with Gasteiger partial charge in [0, 0.05) is 23.6 Å². The van der Waals surface area contributed by atoms with E-state index in [2.05, 4.69) is 23.1 Å². The number of rotatable bonds is 2. The second kappa shape index (κ2) is 4.71. The van der Waals surface area contributed by atoms with E-state index in [0.717, 1.165) is 23.8 Å². The molecule has 0 spiro atoms. The molecule has 2 rings (SSSR count). The number of nitrogens with zero attached hydrogens (tertiary/aromatic N) is 2. The maximum absolute atomic E-state index is 5.77. The maximum atomic E-state index is 5.77. The van der Waals surface area contributed by atoms with Crippen LogP contribution in [0.25, 0.3) is 0 Å². The van der Waals surface area contributed by atoms with Crippen LogP contribution in [0.3, 0.4) is 0 Å². The first-order chi connectivity index (χ1) is 7.61. The zero-order valence-electron chi connectivity index (χ0n) is 9.77. The van der Waals surface area contributed by atoms with Crippen LogP contribution in [0.1, 0.15) is 13.8 Å². The molecule has 2 heterocycles. The molecular weight excluding hydrogens is 242 g/mol. The topological polar surface area (TPSA) is 51.4 Å². The van der Waals surface area contributed by atoms with E-state index in [1.54, 1.807) is 7.11 Å². The van der Waals surface area contributed by atoms with Crippen molar-refractivity contribution in [2.24, 2.45) is 0 Å². The Morgan fingerprint density at radius 1 is 1.38 bits per heavy atom. The fraction of sp³-hybridized carbons (Fsp3) is 0.700. The Labute approximate surface area is 104 Å². The molecule has 0 radical (unpaired) electrons. The van der Waals surface area contributed by atoms with Gasteiger partial charge in [-0.1, -0.05) is 13.8 Å². The SMILES string of the molecule is COc1c(N)nsc1N1CC(C)SC(C)C1. The van der Waals surface area contributed by atoms with Crippen LogP contribution in [0.4, 0.5) is 10.8 Å². The highest BCUT2D eigenvalue weighted by atomic mass is 32.2. The zero-order chi connectivity index (χ0) is 11.7. The molecule has 2 unspecified atom stereocenters. The molecule has 0 aliphatic carbocycles. The normalized spacial score (nSPS) is 25.8. The van der Waals surface area contributed by atoms with Gasteiger partial charge in [0.2, 0.25) is 0 Å². The molecule has 1 fully saturated rings. The summed E-state index contributed by atoms with van der Waals surface area (Å²) < 4.78 is 9.47. The molecule has 90 valence electrons. The molecule has 0 aromatic carbocycles. The summed E-state index contributed by atoms with van der Waals surface area (Å²) in [5, 5.41) is 2.34. The second-order valence-corrected chi connectivity index (χ2v) is 6.70. The number of hydrogen-bond acceptors (Lipinski definition) is 6. The van der Waals surface area contributed by atoms with Gasteiger partial charge in [-0.05, 0) is 11.5 Å². The summed E-state index contributed by atoms with van der Waals surface area (Å²) >= 11 is 3.46. The zero-order valence-corrected chi connectivity index (χ0v) is 11.4. The molecule has 0 saturated carbocycles. The van der Waals surface area contributed by atoms with Crippen molar-refractivity contribution in [1.82, 2.24) is 4.37 Å². The molecule has 16 heavy (non-hydrogen) atoms. The van der Waals surface area contributed by atoms with E-state index in [9.17, 15) is 0 Å². The number of methoxy groups -OCH3 is 1. The lowest BCUT2D eigenvalue weighted by molar-refractivity contribution is 0.417. The van der Waals surface area contributed by atoms with Crippen molar-refractivity contribution in [3.05, 3.63) is 0 Å². The molecule has 2 atom stereocenters. The Balaban J connectivity index is 2.22. The van der Waals surface area contributed by atoms with Gasteiger partial charge in [-0.25, -0.2) is 0 Å². The lowest BCUT2D eigenvalue weighted by Gasteiger charge is -2.35. The van der Waals surface area contributed by atoms with Gasteiger partial charge in [0.1, 0.15) is 0 Å². The van der Waals surface area contributed by atoms with Crippen molar-refractivity contribution < 1.29 is 4.74 Å². The van der Waals surface area contributed by atoms with Crippen LogP contribution in [0.2, 0.25) is 0 Å². The number of thioether (sulfide) groups is 1. The first kappa shape index (κ1) is 11.9. The van der Waals surface area contributed by atoms with Crippen LogP contribution in [-0.4, -0.2) is 35.1 Å². The number of aromatic nitrogens is 1. The quantitative estimate of drug-likeness (QED) is 0.881. The third kappa shape index (κ3) is 2.22. The van der Waals surface area contributed by atoms with Gasteiger partial charge in [0.05, 0.1) is 7.11 Å². The standard InChI is InChI=1S/C10H17N3OS2/c1-6-4-13(5-7(2)15-6)10-8(14-3)9(11)12-16-10/h6-7H,4-5H2,1-3H3,(H2,11,12). The summed E-state index contributed by atoms with van der Waals surface area (Å²) in [6.07, 6.45) is 0. The van der Waals surface area contributed by atoms with Crippen molar-refractivity contribution in [2.45, 2.75) is 24.3 Å². The van der Waals surface area contributed by atoms with Gasteiger partial charge in [0.25, 0.3) is 0 Å². The van der Waals surface area contributed by atoms with Gasteiger partial charge < -0.3 is 15.4 Å². The maximum Gasteiger partial charge on any atom is 0.197 e. The van der Waals surface area contributed by atoms with Crippen molar-refractivity contribution in [1.29, 1.82) is 0 Å². The largest absolute Gasteiger partial charge is 0.490 e. The van der Waals surface area contributed by atoms with Gasteiger partial charge in [-0.3, -0.25) is 0 Å². The molecule has 1 aromatic rings. The average molecular weight is 259 g/mol. The Morgan fingerprint density at radius 3 is 2.56 bits per heavy atom. The fourth-order valence-electron chi connectivity index (χ4n) is 2.02. The number of ether oxygens (including phenoxy) is 1. The minimum Gasteiger partial charge on any atom is -0.490 e. The average Bonchev–Trinajstić information content (AvgIpc) is 2.58. The Hall–Kier alpha value is -0.620. The molecule has 1 saturated heterocycles. The van der Waals surface area contributed by atoms with E-state index < -0.39 is 0 Å². The summed E-state index contributed by atoms with van der Waals surface area (Å²) in [4.78, 5) is 2.33. The highest BCUT2D eigenvalue weighted by molar-refractivity contribution is 8.00. The van der Waals surface area contributed by atoms with Crippen molar-refractivity contribution in [3.8, 4) is 5.75 Å². The summed E-state index contributed by atoms with van der Waals surface area (Å²) in [5.74, 6) is 1.23. The predicted molar refractivity (Wildman–Crippen MR) is 71.8 cm³/mol. The highest BCUT2D eigenvalue weighted by Crippen LogP contribution is 2.40. The number of nitrogen functional groups attached to an aromatic ring is 1. The molecule has 0 bridgehead atoms. The van der Waals surface area contributed by atoms with Crippen LogP contribution >= 0.6 is 23.3 Å².